The van der Waals surface area contributed by atoms with Gasteiger partial charge in [0.1, 0.15) is 0 Å². The molecular weight excluding hydrogens is 284 g/mol. The Morgan fingerprint density at radius 1 is 0.650 bits per heavy atom. The molecule has 0 amide bonds. The van der Waals surface area contributed by atoms with E-state index in [1.807, 2.05) is 0 Å². The maximum absolute atomic E-state index is 3.36. The molecule has 2 rings (SSSR count). The lowest BCUT2D eigenvalue weighted by molar-refractivity contribution is 0.871. The molecule has 2 aromatic rings. The van der Waals surface area contributed by atoms with Gasteiger partial charge in [-0.1, -0.05) is 35.4 Å². The standard InChI is InChI=1S/C16H20N2S2/c1-13-3-7-15(8-4-13)19-17-11-12-18-20-16-9-5-14(2)6-10-16/h3-10,17-18H,11-12H2,1-2H3. The molecule has 4 heteroatoms. The van der Waals surface area contributed by atoms with Crippen LogP contribution in [0.4, 0.5) is 0 Å². The summed E-state index contributed by atoms with van der Waals surface area (Å²) in [4.78, 5) is 2.50. The van der Waals surface area contributed by atoms with Crippen LogP contribution >= 0.6 is 23.9 Å². The normalized spacial score (nSPS) is 10.7. The van der Waals surface area contributed by atoms with Gasteiger partial charge in [-0.15, -0.1) is 0 Å². The van der Waals surface area contributed by atoms with Crippen LogP contribution in [-0.2, 0) is 0 Å². The average Bonchev–Trinajstić information content (AvgIpc) is 2.46. The molecule has 2 aromatic carbocycles. The first kappa shape index (κ1) is 15.4. The molecule has 0 aliphatic carbocycles. The molecule has 0 spiro atoms. The Kier molecular flexibility index (Phi) is 6.47. The fourth-order valence-electron chi connectivity index (χ4n) is 1.58. The van der Waals surface area contributed by atoms with E-state index >= 15 is 0 Å². The van der Waals surface area contributed by atoms with Gasteiger partial charge in [-0.05, 0) is 62.0 Å². The lowest BCUT2D eigenvalue weighted by Gasteiger charge is -2.06. The van der Waals surface area contributed by atoms with Crippen LogP contribution in [0.15, 0.2) is 58.3 Å². The third-order valence-corrected chi connectivity index (χ3v) is 4.46. The smallest absolute Gasteiger partial charge is 0.0228 e. The van der Waals surface area contributed by atoms with Gasteiger partial charge in [-0.25, -0.2) is 0 Å². The van der Waals surface area contributed by atoms with Gasteiger partial charge in [0.15, 0.2) is 0 Å². The van der Waals surface area contributed by atoms with Crippen molar-refractivity contribution in [2.75, 3.05) is 13.1 Å². The second-order valence-electron chi connectivity index (χ2n) is 4.62. The van der Waals surface area contributed by atoms with Gasteiger partial charge in [-0.3, -0.25) is 9.44 Å². The van der Waals surface area contributed by atoms with Crippen LogP contribution in [0.1, 0.15) is 11.1 Å². The first-order valence-electron chi connectivity index (χ1n) is 6.67. The molecule has 2 nitrogen and oxygen atoms in total. The van der Waals surface area contributed by atoms with Crippen molar-refractivity contribution < 1.29 is 0 Å². The van der Waals surface area contributed by atoms with Gasteiger partial charge in [0.05, 0.1) is 0 Å². The molecule has 0 fully saturated rings. The van der Waals surface area contributed by atoms with Crippen molar-refractivity contribution in [2.24, 2.45) is 0 Å². The molecule has 20 heavy (non-hydrogen) atoms. The molecule has 0 aliphatic rings. The average molecular weight is 304 g/mol. The zero-order valence-electron chi connectivity index (χ0n) is 11.8. The summed E-state index contributed by atoms with van der Waals surface area (Å²) in [5.74, 6) is 0. The van der Waals surface area contributed by atoms with Crippen LogP contribution in [0.3, 0.4) is 0 Å². The summed E-state index contributed by atoms with van der Waals surface area (Å²) >= 11 is 3.36. The topological polar surface area (TPSA) is 24.1 Å². The lowest BCUT2D eigenvalue weighted by Crippen LogP contribution is -2.18. The number of hydrogen-bond donors (Lipinski definition) is 2. The van der Waals surface area contributed by atoms with Crippen molar-refractivity contribution in [1.29, 1.82) is 0 Å². The van der Waals surface area contributed by atoms with E-state index in [0.29, 0.717) is 0 Å². The summed E-state index contributed by atoms with van der Waals surface area (Å²) in [6.07, 6.45) is 0. The SMILES string of the molecule is Cc1ccc(SNCCNSc2ccc(C)cc2)cc1. The van der Waals surface area contributed by atoms with E-state index in [2.05, 4.69) is 71.8 Å². The Balaban J connectivity index is 1.57. The van der Waals surface area contributed by atoms with Crippen LogP contribution in [-0.4, -0.2) is 13.1 Å². The molecule has 0 bridgehead atoms. The van der Waals surface area contributed by atoms with Gasteiger partial charge in [0.25, 0.3) is 0 Å². The maximum Gasteiger partial charge on any atom is 0.0228 e. The largest absolute Gasteiger partial charge is 0.259 e. The van der Waals surface area contributed by atoms with Crippen LogP contribution in [0.2, 0.25) is 0 Å². The summed E-state index contributed by atoms with van der Waals surface area (Å²) in [5, 5.41) is 0. The van der Waals surface area contributed by atoms with Crippen LogP contribution in [0.25, 0.3) is 0 Å². The zero-order valence-corrected chi connectivity index (χ0v) is 13.5. The van der Waals surface area contributed by atoms with Crippen molar-refractivity contribution >= 4 is 23.9 Å². The number of hydrogen-bond acceptors (Lipinski definition) is 4. The summed E-state index contributed by atoms with van der Waals surface area (Å²) in [7, 11) is 0. The number of rotatable bonds is 7. The Morgan fingerprint density at radius 2 is 1.00 bits per heavy atom. The highest BCUT2D eigenvalue weighted by Crippen LogP contribution is 2.15. The van der Waals surface area contributed by atoms with Crippen molar-refractivity contribution in [1.82, 2.24) is 9.44 Å². The summed E-state index contributed by atoms with van der Waals surface area (Å²) in [5.41, 5.74) is 2.59. The lowest BCUT2D eigenvalue weighted by atomic mass is 10.2. The molecule has 0 saturated carbocycles. The predicted molar refractivity (Wildman–Crippen MR) is 90.1 cm³/mol. The van der Waals surface area contributed by atoms with Crippen LogP contribution in [0.5, 0.6) is 0 Å². The van der Waals surface area contributed by atoms with Crippen molar-refractivity contribution in [3.05, 3.63) is 59.7 Å². The fraction of sp³-hybridized carbons (Fsp3) is 0.250. The summed E-state index contributed by atoms with van der Waals surface area (Å²) in [6.45, 7) is 6.07. The van der Waals surface area contributed by atoms with E-state index in [4.69, 9.17) is 0 Å². The molecule has 0 aromatic heterocycles. The molecule has 0 heterocycles. The highest BCUT2D eigenvalue weighted by atomic mass is 32.2. The first-order valence-corrected chi connectivity index (χ1v) is 8.30. The molecule has 0 saturated heterocycles. The van der Waals surface area contributed by atoms with E-state index in [9.17, 15) is 0 Å². The molecule has 106 valence electrons. The van der Waals surface area contributed by atoms with Crippen LogP contribution in [0, 0.1) is 13.8 Å². The number of aryl methyl sites for hydroxylation is 2. The maximum atomic E-state index is 3.36. The molecule has 0 unspecified atom stereocenters. The van der Waals surface area contributed by atoms with E-state index in [0.717, 1.165) is 13.1 Å². The van der Waals surface area contributed by atoms with Crippen molar-refractivity contribution in [2.45, 2.75) is 23.6 Å². The van der Waals surface area contributed by atoms with E-state index < -0.39 is 0 Å². The molecular formula is C16H20N2S2. The van der Waals surface area contributed by atoms with Gasteiger partial charge < -0.3 is 0 Å². The molecule has 0 aliphatic heterocycles. The highest BCUT2D eigenvalue weighted by molar-refractivity contribution is 7.97. The number of nitrogens with one attached hydrogen (secondary N) is 2. The van der Waals surface area contributed by atoms with Gasteiger partial charge in [-0.2, -0.15) is 0 Å². The minimum Gasteiger partial charge on any atom is -0.259 e. The second-order valence-corrected chi connectivity index (χ2v) is 6.55. The monoisotopic (exact) mass is 304 g/mol. The second kappa shape index (κ2) is 8.37. The third-order valence-electron chi connectivity index (χ3n) is 2.75. The highest BCUT2D eigenvalue weighted by Gasteiger charge is 1.95. The Hall–Kier alpha value is -0.940. The quantitative estimate of drug-likeness (QED) is 0.591. The van der Waals surface area contributed by atoms with Crippen molar-refractivity contribution in [3.63, 3.8) is 0 Å². The van der Waals surface area contributed by atoms with E-state index in [-0.39, 0.29) is 0 Å². The molecule has 0 atom stereocenters. The fourth-order valence-corrected chi connectivity index (χ4v) is 2.87. The third kappa shape index (κ3) is 5.59. The molecule has 2 N–H and O–H groups in total. The molecule has 0 radical (unpaired) electrons. The van der Waals surface area contributed by atoms with Gasteiger partial charge >= 0.3 is 0 Å². The zero-order chi connectivity index (χ0) is 14.2. The first-order chi connectivity index (χ1) is 9.74. The Bertz CT molecular complexity index is 460. The minimum atomic E-state index is 0.928. The Labute approximate surface area is 130 Å². The minimum absolute atomic E-state index is 0.928. The van der Waals surface area contributed by atoms with Gasteiger partial charge in [0, 0.05) is 22.9 Å². The summed E-state index contributed by atoms with van der Waals surface area (Å²) < 4.78 is 6.71. The van der Waals surface area contributed by atoms with Gasteiger partial charge in [0.2, 0.25) is 0 Å². The van der Waals surface area contributed by atoms with Crippen molar-refractivity contribution in [3.8, 4) is 0 Å². The van der Waals surface area contributed by atoms with Crippen LogP contribution < -0.4 is 9.44 Å². The predicted octanol–water partition coefficient (Wildman–Crippen LogP) is 4.20. The van der Waals surface area contributed by atoms with E-state index in [1.165, 1.54) is 20.9 Å². The number of benzene rings is 2. The Morgan fingerprint density at radius 3 is 1.35 bits per heavy atom. The summed E-state index contributed by atoms with van der Waals surface area (Å²) in [6, 6.07) is 17.1. The van der Waals surface area contributed by atoms with E-state index in [1.54, 1.807) is 23.9 Å².